The molecule has 0 fully saturated rings. The van der Waals surface area contributed by atoms with E-state index >= 15 is 0 Å². The van der Waals surface area contributed by atoms with Gasteiger partial charge in [-0.05, 0) is 41.5 Å². The number of hydrogen-bond acceptors (Lipinski definition) is 10. The largest absolute Gasteiger partial charge is 0.449 e. The van der Waals surface area contributed by atoms with E-state index in [1.54, 1.807) is 79.5 Å². The molecule has 2 heterocycles. The van der Waals surface area contributed by atoms with Crippen molar-refractivity contribution >= 4 is 47.9 Å². The number of nitrogens with one attached hydrogen (secondary N) is 1. The number of carbonyl (C=O) groups excluding carboxylic acids is 2. The van der Waals surface area contributed by atoms with Crippen molar-refractivity contribution in [3.05, 3.63) is 45.0 Å². The van der Waals surface area contributed by atoms with Crippen LogP contribution in [0.15, 0.2) is 32.0 Å². The molecule has 0 saturated heterocycles. The first kappa shape index (κ1) is 41.9. The lowest BCUT2D eigenvalue weighted by Gasteiger charge is -2.16. The normalized spacial score (nSPS) is 11.0. The van der Waals surface area contributed by atoms with Crippen LogP contribution in [0.5, 0.6) is 0 Å². The van der Waals surface area contributed by atoms with E-state index in [0.717, 1.165) is 17.0 Å². The summed E-state index contributed by atoms with van der Waals surface area (Å²) in [5, 5.41) is 0. The maximum Gasteiger partial charge on any atom is 0.352 e. The fourth-order valence-electron chi connectivity index (χ4n) is 2.06. The van der Waals surface area contributed by atoms with Crippen LogP contribution in [0.2, 0.25) is 0 Å². The molecule has 0 amide bonds. The lowest BCUT2D eigenvalue weighted by Crippen LogP contribution is -2.29. The number of aromatic nitrogens is 4. The summed E-state index contributed by atoms with van der Waals surface area (Å²) >= 11 is 5.16. The quantitative estimate of drug-likeness (QED) is 0.203. The number of alkyl halides is 1. The highest BCUT2D eigenvalue weighted by Crippen LogP contribution is 2.16. The fourth-order valence-corrected chi connectivity index (χ4v) is 2.16. The number of carbonyl (C=O) groups is 2. The zero-order valence-corrected chi connectivity index (χ0v) is 26.7. The van der Waals surface area contributed by atoms with E-state index in [0.29, 0.717) is 0 Å². The van der Waals surface area contributed by atoms with Crippen LogP contribution in [0.25, 0.3) is 0 Å². The van der Waals surface area contributed by atoms with Crippen molar-refractivity contribution in [2.45, 2.75) is 55.7 Å². The standard InChI is InChI=1S/C13H19FN4O3.C7H9FN4O.C6H11ClO2.CH4/c1-13(2,3)11(19)21-8-18-6-9(14)10(16-12(18)20)15-7-17(4)5;1-12(2)4-10-6-5(8)3-9-7(13)11-6;1-6(2,3)5(8)9-4-7;/h6-7H,8H2,1-5H3;3-4H,1-2H3,(H,9,11,13);4H2,1-3H3;1H4. The highest BCUT2D eigenvalue weighted by Gasteiger charge is 2.23. The van der Waals surface area contributed by atoms with Crippen molar-refractivity contribution in [1.29, 1.82) is 0 Å². The number of hydrogen-bond donors (Lipinski definition) is 1. The number of aromatic amines is 1. The van der Waals surface area contributed by atoms with Crippen LogP contribution < -0.4 is 11.4 Å². The molecule has 14 nitrogen and oxygen atoms in total. The van der Waals surface area contributed by atoms with Crippen molar-refractivity contribution < 1.29 is 27.8 Å². The average molecular weight is 649 g/mol. The summed E-state index contributed by atoms with van der Waals surface area (Å²) in [6.45, 7) is 9.98. The van der Waals surface area contributed by atoms with Crippen LogP contribution in [-0.2, 0) is 25.8 Å². The molecule has 2 aromatic rings. The van der Waals surface area contributed by atoms with Crippen LogP contribution in [0.4, 0.5) is 20.4 Å². The number of ether oxygens (including phenoxy) is 2. The number of H-pyrrole nitrogens is 1. The number of nitrogens with zero attached hydrogens (tertiary/aromatic N) is 7. The Kier molecular flexibility index (Phi) is 18.2. The van der Waals surface area contributed by atoms with E-state index in [1.165, 1.54) is 12.7 Å². The minimum Gasteiger partial charge on any atom is -0.449 e. The molecule has 0 aliphatic heterocycles. The summed E-state index contributed by atoms with van der Waals surface area (Å²) in [6.07, 6.45) is 4.46. The Morgan fingerprint density at radius 1 is 0.955 bits per heavy atom. The van der Waals surface area contributed by atoms with Gasteiger partial charge in [-0.15, -0.1) is 0 Å². The Bertz CT molecular complexity index is 1380. The van der Waals surface area contributed by atoms with Crippen LogP contribution >= 0.6 is 11.6 Å². The first-order chi connectivity index (χ1) is 19.7. The highest BCUT2D eigenvalue weighted by atomic mass is 35.5. The zero-order valence-electron chi connectivity index (χ0n) is 25.9. The van der Waals surface area contributed by atoms with Crippen molar-refractivity contribution in [3.63, 3.8) is 0 Å². The van der Waals surface area contributed by atoms with E-state index in [2.05, 4.69) is 29.7 Å². The molecule has 44 heavy (non-hydrogen) atoms. The number of esters is 2. The Morgan fingerprint density at radius 2 is 1.45 bits per heavy atom. The second kappa shape index (κ2) is 19.1. The maximum atomic E-state index is 13.7. The molecule has 0 spiro atoms. The molecule has 0 bridgehead atoms. The maximum absolute atomic E-state index is 13.7. The second-order valence-electron chi connectivity index (χ2n) is 11.1. The predicted octanol–water partition coefficient (Wildman–Crippen LogP) is 3.69. The van der Waals surface area contributed by atoms with Gasteiger partial charge in [0, 0.05) is 28.2 Å². The summed E-state index contributed by atoms with van der Waals surface area (Å²) in [6, 6.07) is -0.0594. The monoisotopic (exact) mass is 648 g/mol. The van der Waals surface area contributed by atoms with Gasteiger partial charge in [0.1, 0.15) is 0 Å². The third-order valence-electron chi connectivity index (χ3n) is 4.25. The summed E-state index contributed by atoms with van der Waals surface area (Å²) in [7, 11) is 6.88. The molecule has 0 atom stereocenters. The smallest absolute Gasteiger partial charge is 0.352 e. The van der Waals surface area contributed by atoms with Crippen molar-refractivity contribution in [3.8, 4) is 0 Å². The van der Waals surface area contributed by atoms with Crippen molar-refractivity contribution in [1.82, 2.24) is 29.3 Å². The van der Waals surface area contributed by atoms with Gasteiger partial charge in [0.25, 0.3) is 0 Å². The first-order valence-corrected chi connectivity index (χ1v) is 13.1. The lowest BCUT2D eigenvalue weighted by atomic mass is 9.97. The van der Waals surface area contributed by atoms with E-state index in [1.807, 2.05) is 0 Å². The molecule has 0 unspecified atom stereocenters. The van der Waals surface area contributed by atoms with Gasteiger partial charge in [0.15, 0.2) is 36.1 Å². The minimum absolute atomic E-state index is 0. The molecule has 17 heteroatoms. The Morgan fingerprint density at radius 3 is 1.91 bits per heavy atom. The summed E-state index contributed by atoms with van der Waals surface area (Å²) in [5.41, 5.74) is -2.50. The third-order valence-corrected chi connectivity index (χ3v) is 4.36. The molecule has 1 N–H and O–H groups in total. The lowest BCUT2D eigenvalue weighted by molar-refractivity contribution is -0.157. The Labute approximate surface area is 260 Å². The van der Waals surface area contributed by atoms with Gasteiger partial charge in [-0.3, -0.25) is 19.1 Å². The molecule has 2 aromatic heterocycles. The second-order valence-corrected chi connectivity index (χ2v) is 11.3. The molecular weight excluding hydrogens is 606 g/mol. The first-order valence-electron chi connectivity index (χ1n) is 12.5. The third kappa shape index (κ3) is 17.0. The molecule has 0 aliphatic carbocycles. The van der Waals surface area contributed by atoms with E-state index in [-0.39, 0.29) is 31.1 Å². The summed E-state index contributed by atoms with van der Waals surface area (Å²) < 4.78 is 36.9. The highest BCUT2D eigenvalue weighted by molar-refractivity contribution is 6.17. The fraction of sp³-hybridized carbons (Fsp3) is 0.556. The molecular formula is C27H43ClF2N8O6. The number of rotatable bonds is 7. The average Bonchev–Trinajstić information content (AvgIpc) is 2.88. The van der Waals surface area contributed by atoms with Crippen LogP contribution in [0.1, 0.15) is 49.0 Å². The van der Waals surface area contributed by atoms with E-state index < -0.39 is 46.5 Å². The minimum atomic E-state index is -0.778. The van der Waals surface area contributed by atoms with Gasteiger partial charge in [-0.1, -0.05) is 19.0 Å². The van der Waals surface area contributed by atoms with Crippen molar-refractivity contribution in [2.75, 3.05) is 34.3 Å². The van der Waals surface area contributed by atoms with Gasteiger partial charge < -0.3 is 19.3 Å². The number of aliphatic imine (C=N–C) groups is 2. The van der Waals surface area contributed by atoms with Gasteiger partial charge >= 0.3 is 23.3 Å². The topological polar surface area (TPSA) is 164 Å². The Balaban J connectivity index is 0. The van der Waals surface area contributed by atoms with E-state index in [9.17, 15) is 28.0 Å². The van der Waals surface area contributed by atoms with Crippen LogP contribution in [0, 0.1) is 22.5 Å². The van der Waals surface area contributed by atoms with Crippen LogP contribution in [0.3, 0.4) is 0 Å². The molecule has 0 saturated carbocycles. The molecule has 248 valence electrons. The van der Waals surface area contributed by atoms with Crippen LogP contribution in [-0.4, -0.2) is 88.2 Å². The Hall–Kier alpha value is -4.21. The van der Waals surface area contributed by atoms with Gasteiger partial charge in [-0.25, -0.2) is 28.4 Å². The zero-order chi connectivity index (χ0) is 33.5. The van der Waals surface area contributed by atoms with Gasteiger partial charge in [0.05, 0.1) is 35.9 Å². The van der Waals surface area contributed by atoms with Crippen molar-refractivity contribution in [2.24, 2.45) is 20.8 Å². The van der Waals surface area contributed by atoms with E-state index in [4.69, 9.17) is 16.3 Å². The predicted molar refractivity (Wildman–Crippen MR) is 165 cm³/mol. The number of halogens is 3. The molecule has 0 radical (unpaired) electrons. The molecule has 2 rings (SSSR count). The van der Waals surface area contributed by atoms with Gasteiger partial charge in [0.2, 0.25) is 0 Å². The summed E-state index contributed by atoms with van der Waals surface area (Å²) in [4.78, 5) is 64.2. The van der Waals surface area contributed by atoms with Gasteiger partial charge in [-0.2, -0.15) is 9.97 Å². The summed E-state index contributed by atoms with van der Waals surface area (Å²) in [5.74, 6) is -2.62. The molecule has 0 aliphatic rings. The molecule has 0 aromatic carbocycles. The SMILES string of the molecule is C.CC(C)(C)C(=O)OCCl.CN(C)C=Nc1[nH]c(=O)ncc1F.CN(C)C=Nc1nc(=O)n(COC(=O)C(C)(C)C)cc1F.